The molecule has 22 heavy (non-hydrogen) atoms. The van der Waals surface area contributed by atoms with Crippen molar-refractivity contribution in [1.82, 2.24) is 0 Å². The molecular formula is C16H13ClN2O2S. The smallest absolute Gasteiger partial charge is 0.234 e. The summed E-state index contributed by atoms with van der Waals surface area (Å²) in [5.74, 6) is 0.905. The van der Waals surface area contributed by atoms with Crippen LogP contribution < -0.4 is 10.1 Å². The van der Waals surface area contributed by atoms with E-state index in [0.29, 0.717) is 16.3 Å². The molecule has 2 aromatic rings. The Morgan fingerprint density at radius 2 is 2.05 bits per heavy atom. The Kier molecular flexibility index (Phi) is 5.70. The van der Waals surface area contributed by atoms with Gasteiger partial charge in [0.1, 0.15) is 11.8 Å². The lowest BCUT2D eigenvalue weighted by atomic mass is 10.2. The minimum Gasteiger partial charge on any atom is -0.497 e. The van der Waals surface area contributed by atoms with E-state index >= 15 is 0 Å². The molecule has 6 heteroatoms. The molecule has 0 bridgehead atoms. The molecule has 1 amide bonds. The van der Waals surface area contributed by atoms with E-state index in [0.717, 1.165) is 10.6 Å². The Morgan fingerprint density at radius 1 is 1.32 bits per heavy atom. The highest BCUT2D eigenvalue weighted by Crippen LogP contribution is 2.22. The molecule has 0 saturated carbocycles. The van der Waals surface area contributed by atoms with E-state index in [-0.39, 0.29) is 11.7 Å². The van der Waals surface area contributed by atoms with Gasteiger partial charge >= 0.3 is 0 Å². The number of ether oxygens (including phenoxy) is 1. The molecule has 2 rings (SSSR count). The zero-order valence-corrected chi connectivity index (χ0v) is 13.4. The van der Waals surface area contributed by atoms with Crippen molar-refractivity contribution in [2.75, 3.05) is 18.2 Å². The van der Waals surface area contributed by atoms with Crippen molar-refractivity contribution in [1.29, 1.82) is 5.26 Å². The van der Waals surface area contributed by atoms with Gasteiger partial charge in [0, 0.05) is 10.6 Å². The Hall–Kier alpha value is -2.16. The van der Waals surface area contributed by atoms with Gasteiger partial charge in [-0.15, -0.1) is 11.8 Å². The first kappa shape index (κ1) is 16.2. The van der Waals surface area contributed by atoms with Crippen LogP contribution in [0.5, 0.6) is 5.75 Å². The number of hydrogen-bond acceptors (Lipinski definition) is 4. The van der Waals surface area contributed by atoms with Gasteiger partial charge in [0.2, 0.25) is 5.91 Å². The molecular weight excluding hydrogens is 320 g/mol. The Morgan fingerprint density at radius 3 is 2.68 bits per heavy atom. The van der Waals surface area contributed by atoms with Crippen LogP contribution in [0.25, 0.3) is 0 Å². The summed E-state index contributed by atoms with van der Waals surface area (Å²) < 4.78 is 5.08. The number of carbonyl (C=O) groups excluding carboxylic acids is 1. The number of anilines is 1. The van der Waals surface area contributed by atoms with Crippen LogP contribution >= 0.6 is 23.4 Å². The largest absolute Gasteiger partial charge is 0.497 e. The van der Waals surface area contributed by atoms with Gasteiger partial charge in [-0.2, -0.15) is 5.26 Å². The maximum atomic E-state index is 11.9. The highest BCUT2D eigenvalue weighted by atomic mass is 35.5. The summed E-state index contributed by atoms with van der Waals surface area (Å²) in [6, 6.07) is 14.3. The minimum atomic E-state index is -0.146. The lowest BCUT2D eigenvalue weighted by Crippen LogP contribution is -2.14. The van der Waals surface area contributed by atoms with Crippen LogP contribution in [0.3, 0.4) is 0 Å². The number of thioether (sulfide) groups is 1. The molecule has 0 spiro atoms. The van der Waals surface area contributed by atoms with E-state index in [1.165, 1.54) is 11.8 Å². The van der Waals surface area contributed by atoms with Gasteiger partial charge in [0.25, 0.3) is 0 Å². The van der Waals surface area contributed by atoms with Gasteiger partial charge in [-0.25, -0.2) is 0 Å². The zero-order chi connectivity index (χ0) is 15.9. The number of amides is 1. The van der Waals surface area contributed by atoms with E-state index in [4.69, 9.17) is 21.6 Å². The lowest BCUT2D eigenvalue weighted by Gasteiger charge is -2.06. The van der Waals surface area contributed by atoms with Crippen molar-refractivity contribution in [3.8, 4) is 11.8 Å². The summed E-state index contributed by atoms with van der Waals surface area (Å²) in [6.45, 7) is 0. The van der Waals surface area contributed by atoms with Crippen LogP contribution in [0, 0.1) is 11.3 Å². The third-order valence-electron chi connectivity index (χ3n) is 2.80. The molecule has 112 valence electrons. The van der Waals surface area contributed by atoms with Gasteiger partial charge in [0.05, 0.1) is 23.4 Å². The van der Waals surface area contributed by atoms with Crippen molar-refractivity contribution in [2.45, 2.75) is 4.90 Å². The fourth-order valence-corrected chi connectivity index (χ4v) is 2.56. The molecule has 0 fully saturated rings. The predicted molar refractivity (Wildman–Crippen MR) is 88.5 cm³/mol. The molecule has 0 saturated heterocycles. The minimum absolute atomic E-state index is 0.146. The molecule has 0 radical (unpaired) electrons. The number of nitrogens with one attached hydrogen (secondary N) is 1. The van der Waals surface area contributed by atoms with Crippen molar-refractivity contribution in [3.05, 3.63) is 53.1 Å². The molecule has 0 atom stereocenters. The molecule has 0 heterocycles. The molecule has 0 aliphatic heterocycles. The highest BCUT2D eigenvalue weighted by Gasteiger charge is 2.06. The van der Waals surface area contributed by atoms with Gasteiger partial charge in [-0.3, -0.25) is 4.79 Å². The average Bonchev–Trinajstić information content (AvgIpc) is 2.55. The third-order valence-corrected chi connectivity index (χ3v) is 4.14. The Bertz CT molecular complexity index is 711. The Balaban J connectivity index is 1.91. The normalized spacial score (nSPS) is 9.86. The summed E-state index contributed by atoms with van der Waals surface area (Å²) in [4.78, 5) is 12.9. The number of hydrogen-bond donors (Lipinski definition) is 1. The van der Waals surface area contributed by atoms with Crippen LogP contribution in [-0.4, -0.2) is 18.8 Å². The van der Waals surface area contributed by atoms with Gasteiger partial charge < -0.3 is 10.1 Å². The number of nitrogens with zero attached hydrogens (tertiary/aromatic N) is 1. The standard InChI is InChI=1S/C16H13ClN2O2S/c1-21-13-3-5-14(6-4-13)22-10-16(20)19-12-2-7-15(17)11(8-12)9-18/h2-8H,10H2,1H3,(H,19,20). The second-order valence-corrected chi connectivity index (χ2v) is 5.77. The number of methoxy groups -OCH3 is 1. The van der Waals surface area contributed by atoms with Crippen LogP contribution in [0.4, 0.5) is 5.69 Å². The molecule has 0 aliphatic carbocycles. The predicted octanol–water partition coefficient (Wildman–Crippen LogP) is 3.95. The number of nitriles is 1. The van der Waals surface area contributed by atoms with Gasteiger partial charge in [-0.05, 0) is 42.5 Å². The van der Waals surface area contributed by atoms with Crippen LogP contribution in [0.2, 0.25) is 5.02 Å². The first-order valence-corrected chi connectivity index (χ1v) is 7.75. The highest BCUT2D eigenvalue weighted by molar-refractivity contribution is 8.00. The molecule has 2 aromatic carbocycles. The van der Waals surface area contributed by atoms with Gasteiger partial charge in [-0.1, -0.05) is 11.6 Å². The summed E-state index contributed by atoms with van der Waals surface area (Å²) >= 11 is 7.27. The molecule has 0 aromatic heterocycles. The first-order chi connectivity index (χ1) is 10.6. The first-order valence-electron chi connectivity index (χ1n) is 6.38. The summed E-state index contributed by atoms with van der Waals surface area (Å²) in [6.07, 6.45) is 0. The lowest BCUT2D eigenvalue weighted by molar-refractivity contribution is -0.113. The summed E-state index contributed by atoms with van der Waals surface area (Å²) in [5, 5.41) is 12.0. The number of benzene rings is 2. The van der Waals surface area contributed by atoms with E-state index < -0.39 is 0 Å². The van der Waals surface area contributed by atoms with Crippen LogP contribution in [-0.2, 0) is 4.79 Å². The summed E-state index contributed by atoms with van der Waals surface area (Å²) in [5.41, 5.74) is 0.892. The van der Waals surface area contributed by atoms with E-state index in [9.17, 15) is 4.79 Å². The second kappa shape index (κ2) is 7.74. The third kappa shape index (κ3) is 4.42. The number of halogens is 1. The Labute approximate surface area is 138 Å². The number of carbonyl (C=O) groups is 1. The van der Waals surface area contributed by atoms with Crippen molar-refractivity contribution in [3.63, 3.8) is 0 Å². The summed E-state index contributed by atoms with van der Waals surface area (Å²) in [7, 11) is 1.61. The molecule has 0 unspecified atom stereocenters. The average molecular weight is 333 g/mol. The topological polar surface area (TPSA) is 62.1 Å². The monoisotopic (exact) mass is 332 g/mol. The second-order valence-electron chi connectivity index (χ2n) is 4.32. The van der Waals surface area contributed by atoms with E-state index in [2.05, 4.69) is 5.32 Å². The maximum Gasteiger partial charge on any atom is 0.234 e. The van der Waals surface area contributed by atoms with Crippen molar-refractivity contribution in [2.24, 2.45) is 0 Å². The fraction of sp³-hybridized carbons (Fsp3) is 0.125. The van der Waals surface area contributed by atoms with Crippen LogP contribution in [0.15, 0.2) is 47.4 Å². The quantitative estimate of drug-likeness (QED) is 0.842. The van der Waals surface area contributed by atoms with E-state index in [1.54, 1.807) is 25.3 Å². The zero-order valence-electron chi connectivity index (χ0n) is 11.8. The van der Waals surface area contributed by atoms with Gasteiger partial charge in [0.15, 0.2) is 0 Å². The van der Waals surface area contributed by atoms with Crippen molar-refractivity contribution < 1.29 is 9.53 Å². The molecule has 0 aliphatic rings. The molecule has 4 nitrogen and oxygen atoms in total. The van der Waals surface area contributed by atoms with Crippen molar-refractivity contribution >= 4 is 35.0 Å². The fourth-order valence-electron chi connectivity index (χ4n) is 1.71. The SMILES string of the molecule is COc1ccc(SCC(=O)Nc2ccc(Cl)c(C#N)c2)cc1. The van der Waals surface area contributed by atoms with E-state index in [1.807, 2.05) is 30.3 Å². The number of rotatable bonds is 5. The maximum absolute atomic E-state index is 11.9. The van der Waals surface area contributed by atoms with Crippen LogP contribution in [0.1, 0.15) is 5.56 Å². The molecule has 1 N–H and O–H groups in total.